The second-order valence-electron chi connectivity index (χ2n) is 6.23. The van der Waals surface area contributed by atoms with E-state index in [1.807, 2.05) is 6.92 Å². The van der Waals surface area contributed by atoms with Gasteiger partial charge in [0.2, 0.25) is 0 Å². The van der Waals surface area contributed by atoms with Crippen LogP contribution in [0.2, 0.25) is 0 Å². The Labute approximate surface area is 106 Å². The van der Waals surface area contributed by atoms with Crippen LogP contribution in [0.15, 0.2) is 0 Å². The molecule has 0 spiro atoms. The van der Waals surface area contributed by atoms with E-state index in [1.54, 1.807) is 0 Å². The van der Waals surface area contributed by atoms with Crippen LogP contribution < -0.4 is 5.32 Å². The summed E-state index contributed by atoms with van der Waals surface area (Å²) >= 11 is 0. The summed E-state index contributed by atoms with van der Waals surface area (Å²) in [5.74, 6) is 0. The molecule has 1 rings (SSSR count). The third-order valence-electron chi connectivity index (χ3n) is 3.95. The monoisotopic (exact) mass is 237 g/mol. The molecule has 1 heterocycles. The van der Waals surface area contributed by atoms with Crippen LogP contribution in [-0.2, 0) is 0 Å². The Morgan fingerprint density at radius 3 is 2.41 bits per heavy atom. The minimum absolute atomic E-state index is 0.359. The maximum absolute atomic E-state index is 9.20. The van der Waals surface area contributed by atoms with Crippen molar-refractivity contribution in [3.8, 4) is 6.07 Å². The van der Waals surface area contributed by atoms with E-state index in [-0.39, 0.29) is 5.54 Å². The molecule has 98 valence electrons. The van der Waals surface area contributed by atoms with Gasteiger partial charge in [0.15, 0.2) is 0 Å². The third-order valence-corrected chi connectivity index (χ3v) is 3.95. The van der Waals surface area contributed by atoms with E-state index in [2.05, 4.69) is 37.1 Å². The molecule has 0 aromatic heterocycles. The number of piperidine rings is 1. The van der Waals surface area contributed by atoms with Gasteiger partial charge in [-0.1, -0.05) is 20.8 Å². The highest BCUT2D eigenvalue weighted by atomic mass is 15.1. The second kappa shape index (κ2) is 5.84. The standard InChI is InChI=1S/C14H27N3/c1-5-16-14(4,12-15)8-11-17-9-6-13(2,3)7-10-17/h16H,5-11H2,1-4H3. The lowest BCUT2D eigenvalue weighted by atomic mass is 9.82. The van der Waals surface area contributed by atoms with Gasteiger partial charge in [0.05, 0.1) is 6.07 Å². The largest absolute Gasteiger partial charge is 0.303 e. The van der Waals surface area contributed by atoms with Crippen LogP contribution in [0.1, 0.15) is 47.0 Å². The Morgan fingerprint density at radius 1 is 1.35 bits per heavy atom. The average molecular weight is 237 g/mol. The fourth-order valence-corrected chi connectivity index (χ4v) is 2.34. The van der Waals surface area contributed by atoms with E-state index in [1.165, 1.54) is 25.9 Å². The summed E-state index contributed by atoms with van der Waals surface area (Å²) in [7, 11) is 0. The number of nitrogens with one attached hydrogen (secondary N) is 1. The Morgan fingerprint density at radius 2 is 1.94 bits per heavy atom. The van der Waals surface area contributed by atoms with Gasteiger partial charge in [0, 0.05) is 6.54 Å². The van der Waals surface area contributed by atoms with Crippen molar-refractivity contribution in [2.75, 3.05) is 26.2 Å². The van der Waals surface area contributed by atoms with Gasteiger partial charge in [-0.2, -0.15) is 5.26 Å². The Bertz CT molecular complexity index is 270. The molecule has 1 N–H and O–H groups in total. The van der Waals surface area contributed by atoms with E-state index in [0.717, 1.165) is 19.5 Å². The predicted octanol–water partition coefficient (Wildman–Crippen LogP) is 2.39. The van der Waals surface area contributed by atoms with E-state index in [9.17, 15) is 5.26 Å². The molecular weight excluding hydrogens is 210 g/mol. The summed E-state index contributed by atoms with van der Waals surface area (Å²) in [5, 5.41) is 12.5. The number of nitriles is 1. The van der Waals surface area contributed by atoms with Gasteiger partial charge in [-0.15, -0.1) is 0 Å². The van der Waals surface area contributed by atoms with Crippen LogP contribution >= 0.6 is 0 Å². The van der Waals surface area contributed by atoms with Gasteiger partial charge in [0.1, 0.15) is 5.54 Å². The maximum Gasteiger partial charge on any atom is 0.105 e. The van der Waals surface area contributed by atoms with E-state index in [0.29, 0.717) is 5.41 Å². The zero-order valence-corrected chi connectivity index (χ0v) is 11.8. The molecule has 1 aliphatic rings. The molecule has 3 nitrogen and oxygen atoms in total. The molecule has 1 atom stereocenters. The van der Waals surface area contributed by atoms with Gasteiger partial charge in [0.25, 0.3) is 0 Å². The summed E-state index contributed by atoms with van der Waals surface area (Å²) < 4.78 is 0. The van der Waals surface area contributed by atoms with Crippen LogP contribution in [0.5, 0.6) is 0 Å². The van der Waals surface area contributed by atoms with E-state index >= 15 is 0 Å². The first-order chi connectivity index (χ1) is 7.91. The summed E-state index contributed by atoms with van der Waals surface area (Å²) in [4.78, 5) is 2.50. The normalized spacial score (nSPS) is 23.9. The molecule has 0 radical (unpaired) electrons. The SMILES string of the molecule is CCNC(C)(C#N)CCN1CCC(C)(C)CC1. The molecule has 0 aliphatic carbocycles. The molecule has 0 bridgehead atoms. The van der Waals surface area contributed by atoms with Gasteiger partial charge < -0.3 is 4.90 Å². The number of nitrogens with zero attached hydrogens (tertiary/aromatic N) is 2. The third kappa shape index (κ3) is 4.65. The molecular formula is C14H27N3. The van der Waals surface area contributed by atoms with Crippen LogP contribution in [-0.4, -0.2) is 36.6 Å². The predicted molar refractivity (Wildman–Crippen MR) is 71.8 cm³/mol. The Kier molecular flexibility index (Phi) is 4.97. The topological polar surface area (TPSA) is 39.1 Å². The van der Waals surface area contributed by atoms with Crippen molar-refractivity contribution >= 4 is 0 Å². The zero-order chi connectivity index (χ0) is 12.9. The number of hydrogen-bond donors (Lipinski definition) is 1. The van der Waals surface area contributed by atoms with Crippen molar-refractivity contribution in [2.24, 2.45) is 5.41 Å². The molecule has 0 saturated carbocycles. The van der Waals surface area contributed by atoms with Crippen LogP contribution in [0.3, 0.4) is 0 Å². The summed E-state index contributed by atoms with van der Waals surface area (Å²) in [6.45, 7) is 13.0. The van der Waals surface area contributed by atoms with Gasteiger partial charge in [-0.25, -0.2) is 0 Å². The highest BCUT2D eigenvalue weighted by Crippen LogP contribution is 2.29. The van der Waals surface area contributed by atoms with Crippen LogP contribution in [0.25, 0.3) is 0 Å². The van der Waals surface area contributed by atoms with Crippen molar-refractivity contribution in [1.29, 1.82) is 5.26 Å². The highest BCUT2D eigenvalue weighted by Gasteiger charge is 2.28. The Hall–Kier alpha value is -0.590. The van der Waals surface area contributed by atoms with E-state index < -0.39 is 0 Å². The van der Waals surface area contributed by atoms with Crippen molar-refractivity contribution in [3.05, 3.63) is 0 Å². The van der Waals surface area contributed by atoms with Crippen LogP contribution in [0.4, 0.5) is 0 Å². The fourth-order valence-electron chi connectivity index (χ4n) is 2.34. The summed E-state index contributed by atoms with van der Waals surface area (Å²) in [6.07, 6.45) is 3.46. The van der Waals surface area contributed by atoms with Gasteiger partial charge in [-0.05, 0) is 51.2 Å². The van der Waals surface area contributed by atoms with Crippen molar-refractivity contribution < 1.29 is 0 Å². The molecule has 1 saturated heterocycles. The fraction of sp³-hybridized carbons (Fsp3) is 0.929. The quantitative estimate of drug-likeness (QED) is 0.798. The molecule has 3 heteroatoms. The van der Waals surface area contributed by atoms with Crippen LogP contribution in [0, 0.1) is 16.7 Å². The maximum atomic E-state index is 9.20. The summed E-state index contributed by atoms with van der Waals surface area (Å²) in [5.41, 5.74) is 0.151. The highest BCUT2D eigenvalue weighted by molar-refractivity contribution is 5.03. The van der Waals surface area contributed by atoms with Crippen molar-refractivity contribution in [3.63, 3.8) is 0 Å². The summed E-state index contributed by atoms with van der Waals surface area (Å²) in [6, 6.07) is 2.40. The zero-order valence-electron chi connectivity index (χ0n) is 11.8. The first-order valence-electron chi connectivity index (χ1n) is 6.79. The van der Waals surface area contributed by atoms with Gasteiger partial charge >= 0.3 is 0 Å². The smallest absolute Gasteiger partial charge is 0.105 e. The average Bonchev–Trinajstić information content (AvgIpc) is 2.28. The van der Waals surface area contributed by atoms with Crippen molar-refractivity contribution in [2.45, 2.75) is 52.5 Å². The lowest BCUT2D eigenvalue weighted by molar-refractivity contribution is 0.125. The lowest BCUT2D eigenvalue weighted by Gasteiger charge is -2.38. The first-order valence-corrected chi connectivity index (χ1v) is 6.79. The number of likely N-dealkylation sites (tertiary alicyclic amines) is 1. The van der Waals surface area contributed by atoms with Gasteiger partial charge in [-0.3, -0.25) is 5.32 Å². The van der Waals surface area contributed by atoms with E-state index in [4.69, 9.17) is 0 Å². The second-order valence-corrected chi connectivity index (χ2v) is 6.23. The molecule has 1 fully saturated rings. The number of rotatable bonds is 5. The number of hydrogen-bond acceptors (Lipinski definition) is 3. The molecule has 0 aromatic carbocycles. The molecule has 1 unspecified atom stereocenters. The molecule has 1 aliphatic heterocycles. The molecule has 17 heavy (non-hydrogen) atoms. The minimum atomic E-state index is -0.359. The first kappa shape index (κ1) is 14.5. The minimum Gasteiger partial charge on any atom is -0.303 e. The molecule has 0 aromatic rings. The Balaban J connectivity index is 2.34. The lowest BCUT2D eigenvalue weighted by Crippen LogP contribution is -2.45. The van der Waals surface area contributed by atoms with Crippen molar-refractivity contribution in [1.82, 2.24) is 10.2 Å². The molecule has 0 amide bonds.